The van der Waals surface area contributed by atoms with Crippen LogP contribution in [-0.4, -0.2) is 9.97 Å². The maximum atomic E-state index is 5.07. The maximum Gasteiger partial charge on any atom is 0.0974 e. The summed E-state index contributed by atoms with van der Waals surface area (Å²) in [5.41, 5.74) is 9.03. The van der Waals surface area contributed by atoms with Crippen LogP contribution in [0.2, 0.25) is 0 Å². The molecule has 0 unspecified atom stereocenters. The lowest BCUT2D eigenvalue weighted by Gasteiger charge is -2.12. The Morgan fingerprint density at radius 2 is 1.22 bits per heavy atom. The molecule has 0 amide bonds. The minimum Gasteiger partial charge on any atom is -0.254 e. The average molecular weight is 411 g/mol. The molecule has 0 saturated carbocycles. The molecule has 6 rings (SSSR count). The van der Waals surface area contributed by atoms with Crippen LogP contribution in [0, 0.1) is 13.8 Å². The number of benzene rings is 4. The predicted molar refractivity (Wildman–Crippen MR) is 135 cm³/mol. The van der Waals surface area contributed by atoms with E-state index in [0.717, 1.165) is 22.3 Å². The lowest BCUT2D eigenvalue weighted by molar-refractivity contribution is 1.33. The molecule has 6 aromatic rings. The Bertz CT molecular complexity index is 1620. The molecule has 32 heavy (non-hydrogen) atoms. The van der Waals surface area contributed by atoms with Gasteiger partial charge in [0, 0.05) is 22.5 Å². The van der Waals surface area contributed by atoms with Crippen molar-refractivity contribution >= 4 is 32.6 Å². The first-order valence-corrected chi connectivity index (χ1v) is 10.9. The summed E-state index contributed by atoms with van der Waals surface area (Å²) >= 11 is 0. The van der Waals surface area contributed by atoms with Crippen LogP contribution in [0.15, 0.2) is 97.2 Å². The lowest BCUT2D eigenvalue weighted by atomic mass is 9.96. The minimum absolute atomic E-state index is 0.970. The Labute approximate surface area is 187 Å². The van der Waals surface area contributed by atoms with Gasteiger partial charge in [-0.1, -0.05) is 78.9 Å². The third kappa shape index (κ3) is 2.88. The van der Waals surface area contributed by atoms with E-state index in [2.05, 4.69) is 104 Å². The quantitative estimate of drug-likeness (QED) is 0.271. The Morgan fingerprint density at radius 1 is 0.531 bits per heavy atom. The summed E-state index contributed by atoms with van der Waals surface area (Å²) in [5, 5.41) is 4.88. The van der Waals surface area contributed by atoms with Crippen molar-refractivity contribution in [2.24, 2.45) is 0 Å². The summed E-state index contributed by atoms with van der Waals surface area (Å²) in [5.74, 6) is 0. The number of hydrogen-bond donors (Lipinski definition) is 0. The molecule has 0 spiro atoms. The van der Waals surface area contributed by atoms with Crippen LogP contribution in [-0.2, 0) is 0 Å². The van der Waals surface area contributed by atoms with E-state index in [0.29, 0.717) is 0 Å². The maximum absolute atomic E-state index is 5.07. The Balaban J connectivity index is 1.48. The van der Waals surface area contributed by atoms with Crippen molar-refractivity contribution < 1.29 is 0 Å². The highest BCUT2D eigenvalue weighted by Crippen LogP contribution is 2.33. The molecule has 4 aromatic carbocycles. The van der Waals surface area contributed by atoms with E-state index in [-0.39, 0.29) is 0 Å². The van der Waals surface area contributed by atoms with Gasteiger partial charge >= 0.3 is 0 Å². The number of aryl methyl sites for hydroxylation is 2. The van der Waals surface area contributed by atoms with Gasteiger partial charge in [-0.2, -0.15) is 0 Å². The molecule has 152 valence electrons. The Kier molecular flexibility index (Phi) is 4.26. The van der Waals surface area contributed by atoms with Crippen molar-refractivity contribution in [1.29, 1.82) is 0 Å². The summed E-state index contributed by atoms with van der Waals surface area (Å²) in [6, 6.07) is 32.2. The summed E-state index contributed by atoms with van der Waals surface area (Å²) in [6.07, 6.45) is 1.85. The smallest absolute Gasteiger partial charge is 0.0974 e. The van der Waals surface area contributed by atoms with Crippen molar-refractivity contribution in [2.75, 3.05) is 0 Å². The van der Waals surface area contributed by atoms with Crippen LogP contribution in [0.4, 0.5) is 0 Å². The van der Waals surface area contributed by atoms with Gasteiger partial charge in [-0.3, -0.25) is 4.98 Å². The highest BCUT2D eigenvalue weighted by Gasteiger charge is 2.12. The molecule has 0 aliphatic carbocycles. The average Bonchev–Trinajstić information content (AvgIpc) is 2.87. The molecule has 2 heteroatoms. The third-order valence-electron chi connectivity index (χ3n) is 6.58. The number of fused-ring (bicyclic) bond motifs is 4. The zero-order valence-electron chi connectivity index (χ0n) is 18.1. The number of rotatable bonds is 2. The van der Waals surface area contributed by atoms with Crippen molar-refractivity contribution in [3.63, 3.8) is 0 Å². The molecule has 0 fully saturated rings. The van der Waals surface area contributed by atoms with Gasteiger partial charge < -0.3 is 0 Å². The van der Waals surface area contributed by atoms with Crippen LogP contribution in [0.25, 0.3) is 55.0 Å². The SMILES string of the molecule is Cc1c(C)c2ccc(-c3ccc(-c4cccc5ccccc45)cc3)nc2c2ncccc12. The van der Waals surface area contributed by atoms with Crippen molar-refractivity contribution in [1.82, 2.24) is 9.97 Å². The van der Waals surface area contributed by atoms with Crippen LogP contribution < -0.4 is 0 Å². The van der Waals surface area contributed by atoms with Gasteiger partial charge in [0.2, 0.25) is 0 Å². The van der Waals surface area contributed by atoms with Crippen LogP contribution in [0.5, 0.6) is 0 Å². The molecule has 0 atom stereocenters. The van der Waals surface area contributed by atoms with Gasteiger partial charge in [-0.15, -0.1) is 0 Å². The van der Waals surface area contributed by atoms with Crippen molar-refractivity contribution in [3.8, 4) is 22.4 Å². The molecule has 0 radical (unpaired) electrons. The fourth-order valence-corrected chi connectivity index (χ4v) is 4.70. The highest BCUT2D eigenvalue weighted by atomic mass is 14.8. The zero-order chi connectivity index (χ0) is 21.7. The van der Waals surface area contributed by atoms with Gasteiger partial charge in [0.05, 0.1) is 16.7 Å². The molecule has 0 saturated heterocycles. The zero-order valence-corrected chi connectivity index (χ0v) is 18.1. The van der Waals surface area contributed by atoms with Gasteiger partial charge in [-0.25, -0.2) is 4.98 Å². The van der Waals surface area contributed by atoms with Crippen LogP contribution in [0.1, 0.15) is 11.1 Å². The standard InChI is InChI=1S/C30H22N2/c1-19-20(2)25-16-17-28(32-30(25)29-24(19)11-6-18-31-29)23-14-12-22(13-15-23)27-10-5-8-21-7-3-4-9-26(21)27/h3-18H,1-2H3. The first-order valence-electron chi connectivity index (χ1n) is 10.9. The van der Waals surface area contributed by atoms with Crippen molar-refractivity contribution in [2.45, 2.75) is 13.8 Å². The molecule has 2 heterocycles. The predicted octanol–water partition coefficient (Wildman–Crippen LogP) is 7.89. The van der Waals surface area contributed by atoms with E-state index >= 15 is 0 Å². The van der Waals surface area contributed by atoms with Crippen molar-refractivity contribution in [3.05, 3.63) is 108 Å². The normalized spacial score (nSPS) is 11.4. The second kappa shape index (κ2) is 7.28. The molecule has 2 nitrogen and oxygen atoms in total. The molecule has 0 N–H and O–H groups in total. The summed E-state index contributed by atoms with van der Waals surface area (Å²) in [6.45, 7) is 4.34. The topological polar surface area (TPSA) is 25.8 Å². The summed E-state index contributed by atoms with van der Waals surface area (Å²) < 4.78 is 0. The number of aromatic nitrogens is 2. The Hall–Kier alpha value is -4.04. The van der Waals surface area contributed by atoms with Gasteiger partial charge in [-0.05, 0) is 59.0 Å². The van der Waals surface area contributed by atoms with E-state index in [9.17, 15) is 0 Å². The molecule has 0 aliphatic rings. The molecular formula is C30H22N2. The van der Waals surface area contributed by atoms with Crippen LogP contribution in [0.3, 0.4) is 0 Å². The fraction of sp³-hybridized carbons (Fsp3) is 0.0667. The van der Waals surface area contributed by atoms with E-state index in [4.69, 9.17) is 4.98 Å². The highest BCUT2D eigenvalue weighted by molar-refractivity contribution is 6.07. The molecule has 0 bridgehead atoms. The summed E-state index contributed by atoms with van der Waals surface area (Å²) in [7, 11) is 0. The van der Waals surface area contributed by atoms with E-state index in [1.165, 1.54) is 43.8 Å². The van der Waals surface area contributed by atoms with E-state index < -0.39 is 0 Å². The number of nitrogens with zero attached hydrogens (tertiary/aromatic N) is 2. The molecular weight excluding hydrogens is 388 g/mol. The largest absolute Gasteiger partial charge is 0.254 e. The van der Waals surface area contributed by atoms with Crippen LogP contribution >= 0.6 is 0 Å². The fourth-order valence-electron chi connectivity index (χ4n) is 4.70. The first-order chi connectivity index (χ1) is 15.7. The number of pyridine rings is 2. The second-order valence-corrected chi connectivity index (χ2v) is 8.35. The van der Waals surface area contributed by atoms with Gasteiger partial charge in [0.15, 0.2) is 0 Å². The lowest BCUT2D eigenvalue weighted by Crippen LogP contribution is -1.94. The van der Waals surface area contributed by atoms with E-state index in [1.54, 1.807) is 0 Å². The summed E-state index contributed by atoms with van der Waals surface area (Å²) in [4.78, 5) is 9.73. The first kappa shape index (κ1) is 18.7. The monoisotopic (exact) mass is 410 g/mol. The van der Waals surface area contributed by atoms with E-state index in [1.807, 2.05) is 12.3 Å². The van der Waals surface area contributed by atoms with Gasteiger partial charge in [0.25, 0.3) is 0 Å². The van der Waals surface area contributed by atoms with Gasteiger partial charge in [0.1, 0.15) is 0 Å². The third-order valence-corrected chi connectivity index (χ3v) is 6.58. The minimum atomic E-state index is 0.970. The number of hydrogen-bond acceptors (Lipinski definition) is 2. The molecule has 2 aromatic heterocycles. The Morgan fingerprint density at radius 3 is 2.06 bits per heavy atom. The molecule has 0 aliphatic heterocycles. The second-order valence-electron chi connectivity index (χ2n) is 8.35.